The Morgan fingerprint density at radius 1 is 1.14 bits per heavy atom. The summed E-state index contributed by atoms with van der Waals surface area (Å²) < 4.78 is 24.7. The zero-order valence-electron chi connectivity index (χ0n) is 19.5. The molecule has 9 nitrogen and oxygen atoms in total. The number of rotatable bonds is 6. The summed E-state index contributed by atoms with van der Waals surface area (Å²) in [5, 5.41) is 6.02. The predicted molar refractivity (Wildman–Crippen MR) is 139 cm³/mol. The van der Waals surface area contributed by atoms with E-state index < -0.39 is 10.2 Å². The standard InChI is InChI=1S/C23H30Cl2N6O3S/c1-2-19-15-30(22-21(25)13-18(14-27-22)28-35(26,33)34)11-12-31(19)20-7-9-29(10-8-20)23(32)16-3-5-17(24)6-4-16/h3-6,13-14,19-20,28H,2,7-12,15H2,1H3,(H2,26,33,34)/t19-/m0/s1. The Morgan fingerprint density at radius 3 is 2.43 bits per heavy atom. The van der Waals surface area contributed by atoms with Crippen molar-refractivity contribution in [2.75, 3.05) is 42.3 Å². The molecule has 2 saturated heterocycles. The van der Waals surface area contributed by atoms with Crippen molar-refractivity contribution < 1.29 is 13.2 Å². The van der Waals surface area contributed by atoms with Crippen molar-refractivity contribution in [2.45, 2.75) is 38.3 Å². The number of piperazine rings is 1. The summed E-state index contributed by atoms with van der Waals surface area (Å²) >= 11 is 12.4. The van der Waals surface area contributed by atoms with Crippen LogP contribution in [0.3, 0.4) is 0 Å². The summed E-state index contributed by atoms with van der Waals surface area (Å²) in [6.07, 6.45) is 4.26. The number of nitrogens with one attached hydrogen (secondary N) is 1. The van der Waals surface area contributed by atoms with Gasteiger partial charge in [0.1, 0.15) is 5.82 Å². The van der Waals surface area contributed by atoms with Gasteiger partial charge in [0.25, 0.3) is 16.1 Å². The van der Waals surface area contributed by atoms with Gasteiger partial charge in [-0.15, -0.1) is 0 Å². The quantitative estimate of drug-likeness (QED) is 0.581. The number of pyridine rings is 1. The highest BCUT2D eigenvalue weighted by Crippen LogP contribution is 2.31. The van der Waals surface area contributed by atoms with Crippen LogP contribution in [0.5, 0.6) is 0 Å². The van der Waals surface area contributed by atoms with Gasteiger partial charge in [0, 0.05) is 55.4 Å². The topological polar surface area (TPSA) is 112 Å². The number of nitrogens with zero attached hydrogens (tertiary/aromatic N) is 4. The number of aromatic nitrogens is 1. The summed E-state index contributed by atoms with van der Waals surface area (Å²) in [4.78, 5) is 23.9. The van der Waals surface area contributed by atoms with Crippen molar-refractivity contribution in [3.63, 3.8) is 0 Å². The Labute approximate surface area is 216 Å². The Bertz CT molecular complexity index is 1160. The molecule has 35 heavy (non-hydrogen) atoms. The molecule has 3 N–H and O–H groups in total. The van der Waals surface area contributed by atoms with E-state index in [-0.39, 0.29) is 11.6 Å². The fourth-order valence-corrected chi connectivity index (χ4v) is 5.82. The lowest BCUT2D eigenvalue weighted by Crippen LogP contribution is -2.58. The van der Waals surface area contributed by atoms with Gasteiger partial charge in [0.2, 0.25) is 0 Å². The third kappa shape index (κ3) is 6.37. The third-order valence-corrected chi connectivity index (χ3v) is 7.74. The van der Waals surface area contributed by atoms with E-state index in [2.05, 4.69) is 26.4 Å². The fraction of sp³-hybridized carbons (Fsp3) is 0.478. The van der Waals surface area contributed by atoms with Gasteiger partial charge in [-0.05, 0) is 49.6 Å². The molecule has 190 valence electrons. The van der Waals surface area contributed by atoms with Gasteiger partial charge in [-0.1, -0.05) is 30.1 Å². The number of carbonyl (C=O) groups excluding carboxylic acids is 1. The molecule has 1 amide bonds. The van der Waals surface area contributed by atoms with Crippen molar-refractivity contribution >= 4 is 50.8 Å². The molecule has 0 unspecified atom stereocenters. The van der Waals surface area contributed by atoms with Crippen LogP contribution in [0.1, 0.15) is 36.5 Å². The third-order valence-electron chi connectivity index (χ3n) is 6.69. The summed E-state index contributed by atoms with van der Waals surface area (Å²) in [6, 6.07) is 9.32. The molecule has 2 fully saturated rings. The molecule has 0 radical (unpaired) electrons. The minimum absolute atomic E-state index is 0.0538. The van der Waals surface area contributed by atoms with Crippen LogP contribution >= 0.6 is 23.2 Å². The van der Waals surface area contributed by atoms with Crippen LogP contribution in [0.25, 0.3) is 0 Å². The molecule has 0 bridgehead atoms. The van der Waals surface area contributed by atoms with Crippen molar-refractivity contribution in [1.82, 2.24) is 14.8 Å². The molecular weight excluding hydrogens is 511 g/mol. The first kappa shape index (κ1) is 26.0. The van der Waals surface area contributed by atoms with Crippen LogP contribution in [-0.4, -0.2) is 73.9 Å². The van der Waals surface area contributed by atoms with E-state index in [1.807, 2.05) is 4.90 Å². The molecule has 1 atom stereocenters. The largest absolute Gasteiger partial charge is 0.353 e. The number of hydrogen-bond donors (Lipinski definition) is 2. The van der Waals surface area contributed by atoms with E-state index in [0.717, 1.165) is 52.0 Å². The van der Waals surface area contributed by atoms with E-state index >= 15 is 0 Å². The minimum atomic E-state index is -3.89. The average molecular weight is 542 g/mol. The highest BCUT2D eigenvalue weighted by Gasteiger charge is 2.34. The molecule has 2 aliphatic heterocycles. The SMILES string of the molecule is CC[C@H]1CN(c2ncc(NS(N)(=O)=O)cc2Cl)CCN1C1CCN(C(=O)c2ccc(Cl)cc2)CC1. The van der Waals surface area contributed by atoms with E-state index in [0.29, 0.717) is 33.5 Å². The van der Waals surface area contributed by atoms with Crippen LogP contribution in [0.15, 0.2) is 36.5 Å². The molecular formula is C23H30Cl2N6O3S. The van der Waals surface area contributed by atoms with Crippen molar-refractivity contribution in [3.8, 4) is 0 Å². The maximum atomic E-state index is 12.8. The number of carbonyl (C=O) groups is 1. The number of anilines is 2. The number of likely N-dealkylation sites (tertiary alicyclic amines) is 1. The first-order chi connectivity index (χ1) is 16.6. The van der Waals surface area contributed by atoms with Crippen LogP contribution in [0.2, 0.25) is 10.0 Å². The molecule has 0 aliphatic carbocycles. The second-order valence-corrected chi connectivity index (χ2v) is 11.1. The average Bonchev–Trinajstić information content (AvgIpc) is 2.83. The van der Waals surface area contributed by atoms with E-state index in [4.69, 9.17) is 28.3 Å². The summed E-state index contributed by atoms with van der Waals surface area (Å²) in [7, 11) is -3.89. The maximum Gasteiger partial charge on any atom is 0.296 e. The Kier molecular flexibility index (Phi) is 8.07. The first-order valence-electron chi connectivity index (χ1n) is 11.7. The van der Waals surface area contributed by atoms with E-state index in [1.165, 1.54) is 12.3 Å². The van der Waals surface area contributed by atoms with Gasteiger partial charge in [-0.2, -0.15) is 8.42 Å². The summed E-state index contributed by atoms with van der Waals surface area (Å²) in [5.74, 6) is 0.686. The maximum absolute atomic E-state index is 12.8. The molecule has 2 aromatic rings. The Balaban J connectivity index is 1.36. The highest BCUT2D eigenvalue weighted by atomic mass is 35.5. The van der Waals surface area contributed by atoms with E-state index in [1.54, 1.807) is 24.3 Å². The minimum Gasteiger partial charge on any atom is -0.353 e. The normalized spacial score (nSPS) is 20.2. The smallest absolute Gasteiger partial charge is 0.296 e. The van der Waals surface area contributed by atoms with Crippen LogP contribution in [-0.2, 0) is 10.2 Å². The monoisotopic (exact) mass is 540 g/mol. The van der Waals surface area contributed by atoms with Gasteiger partial charge < -0.3 is 9.80 Å². The van der Waals surface area contributed by atoms with Crippen LogP contribution in [0, 0.1) is 0 Å². The van der Waals surface area contributed by atoms with Gasteiger partial charge in [-0.3, -0.25) is 14.4 Å². The van der Waals surface area contributed by atoms with Gasteiger partial charge >= 0.3 is 0 Å². The van der Waals surface area contributed by atoms with Crippen LogP contribution in [0.4, 0.5) is 11.5 Å². The second-order valence-electron chi connectivity index (χ2n) is 8.95. The fourth-order valence-electron chi connectivity index (χ4n) is 4.97. The molecule has 1 aromatic carbocycles. The second kappa shape index (κ2) is 10.9. The number of hydrogen-bond acceptors (Lipinski definition) is 6. The van der Waals surface area contributed by atoms with Gasteiger partial charge in [-0.25, -0.2) is 10.1 Å². The Morgan fingerprint density at radius 2 is 1.83 bits per heavy atom. The first-order valence-corrected chi connectivity index (χ1v) is 14.0. The van der Waals surface area contributed by atoms with Crippen molar-refractivity contribution in [3.05, 3.63) is 52.1 Å². The van der Waals surface area contributed by atoms with Gasteiger partial charge in [0.15, 0.2) is 0 Å². The molecule has 0 spiro atoms. The number of nitrogens with two attached hydrogens (primary N) is 1. The van der Waals surface area contributed by atoms with Crippen molar-refractivity contribution in [1.29, 1.82) is 0 Å². The summed E-state index contributed by atoms with van der Waals surface area (Å²) in [6.45, 7) is 6.03. The highest BCUT2D eigenvalue weighted by molar-refractivity contribution is 7.90. The lowest BCUT2D eigenvalue weighted by molar-refractivity contribution is 0.0491. The molecule has 3 heterocycles. The molecule has 12 heteroatoms. The van der Waals surface area contributed by atoms with Crippen LogP contribution < -0.4 is 14.8 Å². The number of benzene rings is 1. The lowest BCUT2D eigenvalue weighted by Gasteiger charge is -2.47. The molecule has 4 rings (SSSR count). The molecule has 0 saturated carbocycles. The lowest BCUT2D eigenvalue weighted by atomic mass is 9.97. The number of amides is 1. The predicted octanol–water partition coefficient (Wildman–Crippen LogP) is 3.21. The molecule has 1 aromatic heterocycles. The summed E-state index contributed by atoms with van der Waals surface area (Å²) in [5.41, 5.74) is 0.898. The van der Waals surface area contributed by atoms with E-state index in [9.17, 15) is 13.2 Å². The zero-order chi connectivity index (χ0) is 25.2. The number of halogens is 2. The van der Waals surface area contributed by atoms with Crippen molar-refractivity contribution in [2.24, 2.45) is 5.14 Å². The van der Waals surface area contributed by atoms with Gasteiger partial charge in [0.05, 0.1) is 16.9 Å². The zero-order valence-corrected chi connectivity index (χ0v) is 21.9. The number of piperidine rings is 1. The Hall–Kier alpha value is -2.11. The molecule has 2 aliphatic rings.